The maximum Gasteiger partial charge on any atom is 0.236 e. The van der Waals surface area contributed by atoms with E-state index in [1.807, 2.05) is 18.2 Å². The molecule has 124 valence electrons. The van der Waals surface area contributed by atoms with Crippen molar-refractivity contribution >= 4 is 16.9 Å². The summed E-state index contributed by atoms with van der Waals surface area (Å²) in [5, 5.41) is 1.17. The predicted octanol–water partition coefficient (Wildman–Crippen LogP) is 2.01. The quantitative estimate of drug-likeness (QED) is 0.866. The highest BCUT2D eigenvalue weighted by Gasteiger charge is 2.22. The van der Waals surface area contributed by atoms with Gasteiger partial charge in [0.15, 0.2) is 0 Å². The molecule has 0 aliphatic carbocycles. The molecular formula is C18H24N2O3. The Morgan fingerprint density at radius 2 is 2.22 bits per heavy atom. The van der Waals surface area contributed by atoms with Gasteiger partial charge in [-0.25, -0.2) is 0 Å². The zero-order valence-electron chi connectivity index (χ0n) is 13.8. The number of hydrogen-bond acceptors (Lipinski definition) is 4. The van der Waals surface area contributed by atoms with Crippen LogP contribution in [0.1, 0.15) is 5.56 Å². The molecule has 1 fully saturated rings. The number of nitrogens with zero attached hydrogens (tertiary/aromatic N) is 2. The van der Waals surface area contributed by atoms with E-state index in [0.717, 1.165) is 31.7 Å². The fourth-order valence-corrected chi connectivity index (χ4v) is 3.10. The molecule has 1 aromatic carbocycles. The Balaban J connectivity index is 1.69. The SMILES string of the molecule is CN(C)C(=O)CN1CCOC[C@@H](Cc2cccc3occc23)C1. The van der Waals surface area contributed by atoms with E-state index in [4.69, 9.17) is 9.15 Å². The van der Waals surface area contributed by atoms with Crippen LogP contribution in [0.4, 0.5) is 0 Å². The number of rotatable bonds is 4. The van der Waals surface area contributed by atoms with Crippen molar-refractivity contribution in [3.8, 4) is 0 Å². The Labute approximate surface area is 136 Å². The van der Waals surface area contributed by atoms with Crippen molar-refractivity contribution < 1.29 is 13.9 Å². The number of hydrogen-bond donors (Lipinski definition) is 0. The first-order valence-electron chi connectivity index (χ1n) is 8.09. The van der Waals surface area contributed by atoms with Crippen LogP contribution in [0.3, 0.4) is 0 Å². The molecule has 0 radical (unpaired) electrons. The molecule has 5 heteroatoms. The lowest BCUT2D eigenvalue weighted by Gasteiger charge is -2.24. The first-order valence-corrected chi connectivity index (χ1v) is 8.09. The van der Waals surface area contributed by atoms with Crippen LogP contribution in [0.2, 0.25) is 0 Å². The molecular weight excluding hydrogens is 292 g/mol. The monoisotopic (exact) mass is 316 g/mol. The number of fused-ring (bicyclic) bond motifs is 1. The summed E-state index contributed by atoms with van der Waals surface area (Å²) in [6.45, 7) is 3.58. The Hall–Kier alpha value is -1.85. The maximum absolute atomic E-state index is 12.0. The van der Waals surface area contributed by atoms with Gasteiger partial charge in [0.25, 0.3) is 0 Å². The summed E-state index contributed by atoms with van der Waals surface area (Å²) >= 11 is 0. The van der Waals surface area contributed by atoms with Gasteiger partial charge < -0.3 is 14.1 Å². The molecule has 1 aliphatic heterocycles. The summed E-state index contributed by atoms with van der Waals surface area (Å²) in [5.41, 5.74) is 2.21. The van der Waals surface area contributed by atoms with Crippen LogP contribution in [0.15, 0.2) is 34.9 Å². The fourth-order valence-electron chi connectivity index (χ4n) is 3.10. The molecule has 1 amide bonds. The topological polar surface area (TPSA) is 45.9 Å². The third-order valence-corrected chi connectivity index (χ3v) is 4.37. The van der Waals surface area contributed by atoms with E-state index in [2.05, 4.69) is 11.0 Å². The number of furan rings is 1. The van der Waals surface area contributed by atoms with Crippen LogP contribution in [-0.2, 0) is 16.0 Å². The summed E-state index contributed by atoms with van der Waals surface area (Å²) in [6, 6.07) is 8.20. The summed E-state index contributed by atoms with van der Waals surface area (Å²) in [5.74, 6) is 0.524. The summed E-state index contributed by atoms with van der Waals surface area (Å²) in [7, 11) is 3.60. The van der Waals surface area contributed by atoms with Crippen molar-refractivity contribution in [2.75, 3.05) is 46.9 Å². The van der Waals surface area contributed by atoms with E-state index < -0.39 is 0 Å². The standard InChI is InChI=1S/C18H24N2O3/c1-19(2)18(21)12-20-7-9-22-13-14(11-20)10-15-4-3-5-17-16(15)6-8-23-17/h3-6,8,14H,7,9-13H2,1-2H3/t14-/m0/s1. The van der Waals surface area contributed by atoms with Crippen molar-refractivity contribution in [1.82, 2.24) is 9.80 Å². The Bertz CT molecular complexity index is 665. The molecule has 2 heterocycles. The second kappa shape index (κ2) is 7.15. The minimum Gasteiger partial charge on any atom is -0.464 e. The van der Waals surface area contributed by atoms with Gasteiger partial charge in [0.2, 0.25) is 5.91 Å². The number of ether oxygens (including phenoxy) is 1. The van der Waals surface area contributed by atoms with Crippen LogP contribution in [0.5, 0.6) is 0 Å². The third kappa shape index (κ3) is 3.92. The smallest absolute Gasteiger partial charge is 0.236 e. The molecule has 3 rings (SSSR count). The number of amides is 1. The molecule has 0 spiro atoms. The molecule has 1 saturated heterocycles. The second-order valence-electron chi connectivity index (χ2n) is 6.42. The minimum atomic E-state index is 0.141. The van der Waals surface area contributed by atoms with Crippen LogP contribution >= 0.6 is 0 Å². The zero-order valence-corrected chi connectivity index (χ0v) is 13.8. The van der Waals surface area contributed by atoms with Crippen LogP contribution in [-0.4, -0.2) is 62.7 Å². The molecule has 0 saturated carbocycles. The predicted molar refractivity (Wildman–Crippen MR) is 89.4 cm³/mol. The molecule has 23 heavy (non-hydrogen) atoms. The lowest BCUT2D eigenvalue weighted by Crippen LogP contribution is -2.39. The summed E-state index contributed by atoms with van der Waals surface area (Å²) < 4.78 is 11.2. The molecule has 0 bridgehead atoms. The number of carbonyl (C=O) groups excluding carboxylic acids is 1. The van der Waals surface area contributed by atoms with Gasteiger partial charge in [-0.1, -0.05) is 12.1 Å². The van der Waals surface area contributed by atoms with E-state index in [1.165, 1.54) is 10.9 Å². The number of likely N-dealkylation sites (N-methyl/N-ethyl adjacent to an activating group) is 1. The van der Waals surface area contributed by atoms with Gasteiger partial charge >= 0.3 is 0 Å². The van der Waals surface area contributed by atoms with Crippen molar-refractivity contribution in [2.45, 2.75) is 6.42 Å². The first kappa shape index (κ1) is 16.0. The van der Waals surface area contributed by atoms with E-state index in [1.54, 1.807) is 25.3 Å². The summed E-state index contributed by atoms with van der Waals surface area (Å²) in [4.78, 5) is 15.8. The zero-order chi connectivity index (χ0) is 16.2. The van der Waals surface area contributed by atoms with Gasteiger partial charge in [0.05, 0.1) is 26.0 Å². The highest BCUT2D eigenvalue weighted by atomic mass is 16.5. The lowest BCUT2D eigenvalue weighted by atomic mass is 9.97. The minimum absolute atomic E-state index is 0.141. The van der Waals surface area contributed by atoms with Gasteiger partial charge in [-0.3, -0.25) is 9.69 Å². The third-order valence-electron chi connectivity index (χ3n) is 4.37. The van der Waals surface area contributed by atoms with Crippen LogP contribution in [0, 0.1) is 5.92 Å². The normalized spacial score (nSPS) is 19.7. The van der Waals surface area contributed by atoms with E-state index in [0.29, 0.717) is 19.1 Å². The highest BCUT2D eigenvalue weighted by Crippen LogP contribution is 2.23. The van der Waals surface area contributed by atoms with Crippen molar-refractivity contribution in [1.29, 1.82) is 0 Å². The number of carbonyl (C=O) groups is 1. The summed E-state index contributed by atoms with van der Waals surface area (Å²) in [6.07, 6.45) is 2.67. The van der Waals surface area contributed by atoms with Gasteiger partial charge in [-0.05, 0) is 30.0 Å². The van der Waals surface area contributed by atoms with E-state index in [9.17, 15) is 4.79 Å². The molecule has 0 N–H and O–H groups in total. The molecule has 1 aliphatic rings. The van der Waals surface area contributed by atoms with Gasteiger partial charge in [-0.2, -0.15) is 0 Å². The first-order chi connectivity index (χ1) is 11.1. The lowest BCUT2D eigenvalue weighted by molar-refractivity contribution is -0.129. The van der Waals surface area contributed by atoms with Crippen LogP contribution in [0.25, 0.3) is 11.0 Å². The molecule has 2 aromatic rings. The fraction of sp³-hybridized carbons (Fsp3) is 0.500. The molecule has 5 nitrogen and oxygen atoms in total. The van der Waals surface area contributed by atoms with Crippen molar-refractivity contribution in [2.24, 2.45) is 5.92 Å². The maximum atomic E-state index is 12.0. The van der Waals surface area contributed by atoms with Gasteiger partial charge in [0, 0.05) is 32.6 Å². The van der Waals surface area contributed by atoms with Gasteiger partial charge in [-0.15, -0.1) is 0 Å². The number of benzene rings is 1. The van der Waals surface area contributed by atoms with Crippen molar-refractivity contribution in [3.05, 3.63) is 36.1 Å². The average molecular weight is 316 g/mol. The van der Waals surface area contributed by atoms with E-state index >= 15 is 0 Å². The van der Waals surface area contributed by atoms with Crippen LogP contribution < -0.4 is 0 Å². The Kier molecular flexibility index (Phi) is 4.98. The largest absolute Gasteiger partial charge is 0.464 e. The molecule has 1 atom stereocenters. The Morgan fingerprint density at radius 1 is 1.35 bits per heavy atom. The van der Waals surface area contributed by atoms with Crippen molar-refractivity contribution in [3.63, 3.8) is 0 Å². The molecule has 1 aromatic heterocycles. The second-order valence-corrected chi connectivity index (χ2v) is 6.42. The molecule has 0 unspecified atom stereocenters. The highest BCUT2D eigenvalue weighted by molar-refractivity contribution is 5.80. The average Bonchev–Trinajstić information content (AvgIpc) is 2.90. The van der Waals surface area contributed by atoms with E-state index in [-0.39, 0.29) is 5.91 Å². The Morgan fingerprint density at radius 3 is 3.04 bits per heavy atom. The van der Waals surface area contributed by atoms with Gasteiger partial charge in [0.1, 0.15) is 5.58 Å².